The molecule has 5 amide bonds. The highest BCUT2D eigenvalue weighted by Gasteiger charge is 2.33. The number of nitrogens with zero attached hydrogens (tertiary/aromatic N) is 1. The molecule has 3 atom stereocenters. The summed E-state index contributed by atoms with van der Waals surface area (Å²) in [5, 5.41) is 5.56. The van der Waals surface area contributed by atoms with Gasteiger partial charge in [-0.3, -0.25) is 24.0 Å². The van der Waals surface area contributed by atoms with Crippen molar-refractivity contribution >= 4 is 54.8 Å². The lowest BCUT2D eigenvalue weighted by Crippen LogP contribution is -2.52. The molecule has 0 saturated heterocycles. The third kappa shape index (κ3) is 8.38. The number of amides is 5. The number of carbonyl (C=O) groups excluding carboxylic acids is 5. The summed E-state index contributed by atoms with van der Waals surface area (Å²) in [5.41, 5.74) is 0. The molecule has 1 saturated carbocycles. The number of hydrogen-bond acceptors (Lipinski definition) is 7. The van der Waals surface area contributed by atoms with Crippen LogP contribution in [0.15, 0.2) is 0 Å². The van der Waals surface area contributed by atoms with Gasteiger partial charge in [0.05, 0.1) is 0 Å². The fraction of sp³-hybridized carbons (Fsp3) is 0.737. The summed E-state index contributed by atoms with van der Waals surface area (Å²) < 4.78 is 0. The number of nitrogens with one attached hydrogen (secondary N) is 2. The number of rotatable bonds is 9. The van der Waals surface area contributed by atoms with Crippen LogP contribution < -0.4 is 10.6 Å². The third-order valence-corrected chi connectivity index (χ3v) is 5.41. The molecule has 2 N–H and O–H groups in total. The normalized spacial score (nSPS) is 19.7. The van der Waals surface area contributed by atoms with Crippen molar-refractivity contribution in [2.24, 2.45) is 5.92 Å². The molecule has 0 heterocycles. The standard InChI is InChI=1S/C19H31N3O5S2/c1-12(23)20-16(7-9-28)19(27)21-15-6-4-3-5-14(15)11-18(26)22(13(2)24)17(25)8-10-29/h14-16,28-29H,3-11H2,1-2H3,(H,20,23)(H,21,27). The first-order chi connectivity index (χ1) is 13.7. The van der Waals surface area contributed by atoms with Gasteiger partial charge in [-0.05, 0) is 36.7 Å². The van der Waals surface area contributed by atoms with Gasteiger partial charge in [-0.2, -0.15) is 25.3 Å². The molecule has 0 spiro atoms. The molecule has 0 bridgehead atoms. The average molecular weight is 446 g/mol. The van der Waals surface area contributed by atoms with Crippen LogP contribution in [0.4, 0.5) is 0 Å². The zero-order valence-electron chi connectivity index (χ0n) is 17.0. The zero-order chi connectivity index (χ0) is 22.0. The van der Waals surface area contributed by atoms with Crippen molar-refractivity contribution in [3.05, 3.63) is 0 Å². The molecule has 8 nitrogen and oxygen atoms in total. The Morgan fingerprint density at radius 1 is 1.00 bits per heavy atom. The van der Waals surface area contributed by atoms with Crippen LogP contribution in [0.1, 0.15) is 58.8 Å². The minimum atomic E-state index is -0.686. The first-order valence-corrected chi connectivity index (χ1v) is 11.1. The van der Waals surface area contributed by atoms with Crippen LogP contribution in [0.5, 0.6) is 0 Å². The van der Waals surface area contributed by atoms with Crippen LogP contribution in [0.25, 0.3) is 0 Å². The van der Waals surface area contributed by atoms with Crippen molar-refractivity contribution < 1.29 is 24.0 Å². The minimum absolute atomic E-state index is 0.000208. The van der Waals surface area contributed by atoms with E-state index in [-0.39, 0.29) is 42.4 Å². The molecule has 1 rings (SSSR count). The van der Waals surface area contributed by atoms with Crippen molar-refractivity contribution in [1.82, 2.24) is 15.5 Å². The lowest BCUT2D eigenvalue weighted by Gasteiger charge is -2.33. The molecule has 1 aliphatic rings. The predicted octanol–water partition coefficient (Wildman–Crippen LogP) is 1.10. The Hall–Kier alpha value is -1.55. The van der Waals surface area contributed by atoms with E-state index in [1.165, 1.54) is 13.8 Å². The molecule has 29 heavy (non-hydrogen) atoms. The highest BCUT2D eigenvalue weighted by atomic mass is 32.1. The van der Waals surface area contributed by atoms with Gasteiger partial charge in [0.2, 0.25) is 29.5 Å². The van der Waals surface area contributed by atoms with E-state index in [0.717, 1.165) is 12.8 Å². The molecule has 0 radical (unpaired) electrons. The second-order valence-electron chi connectivity index (χ2n) is 7.24. The highest BCUT2D eigenvalue weighted by molar-refractivity contribution is 7.80. The maximum absolute atomic E-state index is 12.7. The molecule has 3 unspecified atom stereocenters. The van der Waals surface area contributed by atoms with Gasteiger partial charge in [0.25, 0.3) is 0 Å². The Kier molecular flexibility index (Phi) is 11.3. The zero-order valence-corrected chi connectivity index (χ0v) is 18.8. The SMILES string of the molecule is CC(=O)NC(CCS)C(=O)NC1CCCCC1CC(=O)N(C(C)=O)C(=O)CCS. The summed E-state index contributed by atoms with van der Waals surface area (Å²) in [6.07, 6.45) is 3.61. The predicted molar refractivity (Wildman–Crippen MR) is 116 cm³/mol. The largest absolute Gasteiger partial charge is 0.351 e. The molecular weight excluding hydrogens is 414 g/mol. The second-order valence-corrected chi connectivity index (χ2v) is 8.14. The molecule has 0 aromatic carbocycles. The molecule has 1 aliphatic carbocycles. The summed E-state index contributed by atoms with van der Waals surface area (Å²) in [6.45, 7) is 2.53. The van der Waals surface area contributed by atoms with Crippen LogP contribution in [-0.2, 0) is 24.0 Å². The van der Waals surface area contributed by atoms with Gasteiger partial charge in [-0.25, -0.2) is 4.90 Å². The Morgan fingerprint density at radius 2 is 1.66 bits per heavy atom. The van der Waals surface area contributed by atoms with Crippen molar-refractivity contribution in [3.63, 3.8) is 0 Å². The van der Waals surface area contributed by atoms with E-state index in [1.54, 1.807) is 0 Å². The number of thiol groups is 2. The smallest absolute Gasteiger partial charge is 0.242 e. The lowest BCUT2D eigenvalue weighted by atomic mass is 9.82. The molecule has 0 aromatic rings. The summed E-state index contributed by atoms with van der Waals surface area (Å²) >= 11 is 8.11. The summed E-state index contributed by atoms with van der Waals surface area (Å²) in [6, 6.07) is -0.945. The Bertz CT molecular complexity index is 629. The molecule has 1 fully saturated rings. The van der Waals surface area contributed by atoms with Crippen LogP contribution in [0.3, 0.4) is 0 Å². The Balaban J connectivity index is 2.84. The second kappa shape index (κ2) is 12.9. The van der Waals surface area contributed by atoms with Gasteiger partial charge in [0.15, 0.2) is 0 Å². The molecule has 0 aromatic heterocycles. The van der Waals surface area contributed by atoms with E-state index in [1.807, 2.05) is 0 Å². The monoisotopic (exact) mass is 445 g/mol. The summed E-state index contributed by atoms with van der Waals surface area (Å²) in [4.78, 5) is 61.3. The average Bonchev–Trinajstić information content (AvgIpc) is 2.62. The van der Waals surface area contributed by atoms with Gasteiger partial charge < -0.3 is 10.6 Å². The molecule has 164 valence electrons. The van der Waals surface area contributed by atoms with Crippen LogP contribution in [-0.4, -0.2) is 58.0 Å². The van der Waals surface area contributed by atoms with Gasteiger partial charge in [-0.1, -0.05) is 12.8 Å². The fourth-order valence-corrected chi connectivity index (χ4v) is 4.03. The first-order valence-electron chi connectivity index (χ1n) is 9.86. The van der Waals surface area contributed by atoms with E-state index < -0.39 is 23.8 Å². The lowest BCUT2D eigenvalue weighted by molar-refractivity contribution is -0.153. The van der Waals surface area contributed by atoms with Gasteiger partial charge in [0.1, 0.15) is 6.04 Å². The van der Waals surface area contributed by atoms with Crippen molar-refractivity contribution in [1.29, 1.82) is 0 Å². The van der Waals surface area contributed by atoms with E-state index in [0.29, 0.717) is 29.9 Å². The van der Waals surface area contributed by atoms with Crippen molar-refractivity contribution in [2.45, 2.75) is 70.9 Å². The summed E-state index contributed by atoms with van der Waals surface area (Å²) in [7, 11) is 0. The van der Waals surface area contributed by atoms with Gasteiger partial charge in [-0.15, -0.1) is 0 Å². The summed E-state index contributed by atoms with van der Waals surface area (Å²) in [5.74, 6) is -1.84. The van der Waals surface area contributed by atoms with Gasteiger partial charge >= 0.3 is 0 Å². The van der Waals surface area contributed by atoms with E-state index in [2.05, 4.69) is 35.9 Å². The van der Waals surface area contributed by atoms with E-state index >= 15 is 0 Å². The first kappa shape index (κ1) is 25.5. The number of imide groups is 3. The Labute approximate surface area is 182 Å². The number of carbonyl (C=O) groups is 5. The van der Waals surface area contributed by atoms with Crippen molar-refractivity contribution in [2.75, 3.05) is 11.5 Å². The molecule has 0 aliphatic heterocycles. The molecular formula is C19H31N3O5S2. The Morgan fingerprint density at radius 3 is 2.21 bits per heavy atom. The molecule has 10 heteroatoms. The minimum Gasteiger partial charge on any atom is -0.351 e. The van der Waals surface area contributed by atoms with Crippen LogP contribution in [0.2, 0.25) is 0 Å². The number of hydrogen-bond donors (Lipinski definition) is 4. The van der Waals surface area contributed by atoms with E-state index in [4.69, 9.17) is 0 Å². The third-order valence-electron chi connectivity index (χ3n) is 4.92. The topological polar surface area (TPSA) is 113 Å². The van der Waals surface area contributed by atoms with Crippen molar-refractivity contribution in [3.8, 4) is 0 Å². The fourth-order valence-electron chi connectivity index (χ4n) is 3.58. The quantitative estimate of drug-likeness (QED) is 0.397. The van der Waals surface area contributed by atoms with Crippen LogP contribution in [0, 0.1) is 5.92 Å². The van der Waals surface area contributed by atoms with Crippen LogP contribution >= 0.6 is 25.3 Å². The maximum atomic E-state index is 12.7. The van der Waals surface area contributed by atoms with Gasteiger partial charge in [0, 0.05) is 32.7 Å². The maximum Gasteiger partial charge on any atom is 0.242 e. The highest BCUT2D eigenvalue weighted by Crippen LogP contribution is 2.28. The van der Waals surface area contributed by atoms with E-state index in [9.17, 15) is 24.0 Å².